The first kappa shape index (κ1) is 17.6. The van der Waals surface area contributed by atoms with Crippen molar-refractivity contribution in [3.8, 4) is 5.75 Å². The molecular formula is C16H20ClN3O2S. The molecule has 0 atom stereocenters. The summed E-state index contributed by atoms with van der Waals surface area (Å²) in [6.45, 7) is 4.72. The van der Waals surface area contributed by atoms with Gasteiger partial charge in [-0.1, -0.05) is 25.4 Å². The fourth-order valence-electron chi connectivity index (χ4n) is 2.02. The topological polar surface area (TPSA) is 77.2 Å². The van der Waals surface area contributed by atoms with E-state index in [4.69, 9.17) is 22.1 Å². The van der Waals surface area contributed by atoms with Gasteiger partial charge < -0.3 is 15.8 Å². The fourth-order valence-corrected chi connectivity index (χ4v) is 3.05. The molecule has 0 radical (unpaired) electrons. The highest BCUT2D eigenvalue weighted by Gasteiger charge is 2.15. The molecule has 7 heteroatoms. The molecule has 5 nitrogen and oxygen atoms in total. The van der Waals surface area contributed by atoms with Crippen molar-refractivity contribution in [3.63, 3.8) is 0 Å². The van der Waals surface area contributed by atoms with E-state index in [1.54, 1.807) is 17.4 Å². The Bertz CT molecular complexity index is 701. The Balaban J connectivity index is 1.98. The molecule has 3 N–H and O–H groups in total. The molecule has 0 unspecified atom stereocenters. The molecular weight excluding hydrogens is 334 g/mol. The lowest BCUT2D eigenvalue weighted by molar-refractivity contribution is 0.0951. The Hall–Kier alpha value is -1.79. The van der Waals surface area contributed by atoms with Gasteiger partial charge >= 0.3 is 0 Å². The summed E-state index contributed by atoms with van der Waals surface area (Å²) in [4.78, 5) is 16.8. The summed E-state index contributed by atoms with van der Waals surface area (Å²) < 4.78 is 5.19. The number of rotatable bonds is 6. The number of halogens is 1. The molecule has 0 aliphatic rings. The van der Waals surface area contributed by atoms with Crippen molar-refractivity contribution >= 4 is 34.5 Å². The number of nitrogen functional groups attached to an aromatic ring is 1. The quantitative estimate of drug-likeness (QED) is 0.779. The van der Waals surface area contributed by atoms with Crippen LogP contribution in [0, 0.1) is 0 Å². The van der Waals surface area contributed by atoms with Crippen LogP contribution in [0.15, 0.2) is 17.5 Å². The minimum atomic E-state index is -0.247. The van der Waals surface area contributed by atoms with Gasteiger partial charge in [-0.15, -0.1) is 11.3 Å². The Morgan fingerprint density at radius 2 is 2.22 bits per heavy atom. The molecule has 23 heavy (non-hydrogen) atoms. The Labute approximate surface area is 144 Å². The number of ether oxygens (including phenoxy) is 1. The molecule has 1 aromatic heterocycles. The van der Waals surface area contributed by atoms with Crippen LogP contribution in [0.2, 0.25) is 5.02 Å². The number of carbonyl (C=O) groups is 1. The maximum atomic E-state index is 12.3. The number of anilines is 1. The summed E-state index contributed by atoms with van der Waals surface area (Å²) in [6.07, 6.45) is 0.681. The zero-order valence-electron chi connectivity index (χ0n) is 13.4. The van der Waals surface area contributed by atoms with Crippen LogP contribution in [0.25, 0.3) is 0 Å². The van der Waals surface area contributed by atoms with Crippen molar-refractivity contribution in [2.24, 2.45) is 0 Å². The smallest absolute Gasteiger partial charge is 0.255 e. The number of hydrogen-bond acceptors (Lipinski definition) is 5. The molecule has 0 aliphatic carbocycles. The van der Waals surface area contributed by atoms with Gasteiger partial charge in [0.25, 0.3) is 5.91 Å². The number of hydrogen-bond donors (Lipinski definition) is 2. The predicted octanol–water partition coefficient (Wildman–Crippen LogP) is 3.48. The second-order valence-electron chi connectivity index (χ2n) is 5.41. The van der Waals surface area contributed by atoms with Gasteiger partial charge in [0.1, 0.15) is 5.75 Å². The molecule has 0 saturated heterocycles. The van der Waals surface area contributed by atoms with E-state index in [9.17, 15) is 4.79 Å². The van der Waals surface area contributed by atoms with Gasteiger partial charge in [0.15, 0.2) is 0 Å². The van der Waals surface area contributed by atoms with E-state index in [2.05, 4.69) is 24.1 Å². The normalized spacial score (nSPS) is 10.8. The number of benzene rings is 1. The fraction of sp³-hybridized carbons (Fsp3) is 0.375. The van der Waals surface area contributed by atoms with Crippen LogP contribution in [-0.4, -0.2) is 24.5 Å². The van der Waals surface area contributed by atoms with Crippen LogP contribution in [0.4, 0.5) is 5.69 Å². The highest BCUT2D eigenvalue weighted by molar-refractivity contribution is 7.09. The predicted molar refractivity (Wildman–Crippen MR) is 94.7 cm³/mol. The van der Waals surface area contributed by atoms with Gasteiger partial charge in [-0.25, -0.2) is 4.98 Å². The van der Waals surface area contributed by atoms with Crippen molar-refractivity contribution in [2.75, 3.05) is 19.4 Å². The second kappa shape index (κ2) is 7.66. The molecule has 0 bridgehead atoms. The number of aromatic nitrogens is 1. The van der Waals surface area contributed by atoms with E-state index in [0.29, 0.717) is 40.9 Å². The molecule has 1 aromatic carbocycles. The van der Waals surface area contributed by atoms with Crippen LogP contribution in [0.1, 0.15) is 40.8 Å². The van der Waals surface area contributed by atoms with Crippen molar-refractivity contribution < 1.29 is 9.53 Å². The molecule has 124 valence electrons. The van der Waals surface area contributed by atoms with Crippen LogP contribution in [0.5, 0.6) is 5.75 Å². The monoisotopic (exact) mass is 353 g/mol. The average Bonchev–Trinajstić information content (AvgIpc) is 2.98. The average molecular weight is 354 g/mol. The molecule has 0 fully saturated rings. The highest BCUT2D eigenvalue weighted by Crippen LogP contribution is 2.28. The van der Waals surface area contributed by atoms with Crippen molar-refractivity contribution in [3.05, 3.63) is 38.8 Å². The third kappa shape index (κ3) is 4.36. The minimum Gasteiger partial charge on any atom is -0.496 e. The van der Waals surface area contributed by atoms with E-state index < -0.39 is 0 Å². The third-order valence-electron chi connectivity index (χ3n) is 3.29. The third-order valence-corrected chi connectivity index (χ3v) is 4.81. The van der Waals surface area contributed by atoms with E-state index in [-0.39, 0.29) is 5.91 Å². The van der Waals surface area contributed by atoms with E-state index in [1.165, 1.54) is 13.2 Å². The zero-order valence-corrected chi connectivity index (χ0v) is 14.9. The molecule has 2 rings (SSSR count). The highest BCUT2D eigenvalue weighted by atomic mass is 35.5. The van der Waals surface area contributed by atoms with Gasteiger partial charge in [-0.3, -0.25) is 4.79 Å². The molecule has 1 amide bonds. The number of carbonyl (C=O) groups excluding carboxylic acids is 1. The Morgan fingerprint density at radius 1 is 1.48 bits per heavy atom. The standard InChI is InChI=1S/C16H20ClN3O2S/c1-9(2)16-20-10(8-23-16)4-5-19-15(21)11-6-12(17)13(18)7-14(11)22-3/h6-9H,4-5,18H2,1-3H3,(H,19,21). The number of nitrogens with one attached hydrogen (secondary N) is 1. The number of methoxy groups -OCH3 is 1. The van der Waals surface area contributed by atoms with Crippen molar-refractivity contribution in [1.82, 2.24) is 10.3 Å². The number of nitrogens with zero attached hydrogens (tertiary/aromatic N) is 1. The molecule has 0 saturated carbocycles. The van der Waals surface area contributed by atoms with Crippen LogP contribution in [0.3, 0.4) is 0 Å². The van der Waals surface area contributed by atoms with E-state index in [0.717, 1.165) is 10.7 Å². The summed E-state index contributed by atoms with van der Waals surface area (Å²) in [6, 6.07) is 3.07. The lowest BCUT2D eigenvalue weighted by atomic mass is 10.1. The van der Waals surface area contributed by atoms with Crippen LogP contribution >= 0.6 is 22.9 Å². The van der Waals surface area contributed by atoms with Crippen LogP contribution < -0.4 is 15.8 Å². The molecule has 1 heterocycles. The summed E-state index contributed by atoms with van der Waals surface area (Å²) in [5.74, 6) is 0.577. The molecule has 2 aromatic rings. The maximum Gasteiger partial charge on any atom is 0.255 e. The van der Waals surface area contributed by atoms with E-state index >= 15 is 0 Å². The number of thiazole rings is 1. The SMILES string of the molecule is COc1cc(N)c(Cl)cc1C(=O)NCCc1csc(C(C)C)n1. The number of amides is 1. The first-order chi connectivity index (χ1) is 10.9. The van der Waals surface area contributed by atoms with Gasteiger partial charge in [-0.2, -0.15) is 0 Å². The zero-order chi connectivity index (χ0) is 17.0. The first-order valence-electron chi connectivity index (χ1n) is 7.28. The van der Waals surface area contributed by atoms with Gasteiger partial charge in [0.2, 0.25) is 0 Å². The summed E-state index contributed by atoms with van der Waals surface area (Å²) in [7, 11) is 1.49. The first-order valence-corrected chi connectivity index (χ1v) is 8.53. The molecule has 0 spiro atoms. The summed E-state index contributed by atoms with van der Waals surface area (Å²) in [5, 5.41) is 6.32. The number of nitrogens with two attached hydrogens (primary N) is 1. The Morgan fingerprint density at radius 3 is 2.83 bits per heavy atom. The largest absolute Gasteiger partial charge is 0.496 e. The van der Waals surface area contributed by atoms with Crippen LogP contribution in [-0.2, 0) is 6.42 Å². The molecule has 0 aliphatic heterocycles. The second-order valence-corrected chi connectivity index (χ2v) is 6.71. The van der Waals surface area contributed by atoms with Crippen molar-refractivity contribution in [2.45, 2.75) is 26.2 Å². The van der Waals surface area contributed by atoms with Gasteiger partial charge in [0, 0.05) is 30.3 Å². The summed E-state index contributed by atoms with van der Waals surface area (Å²) >= 11 is 7.63. The summed E-state index contributed by atoms with van der Waals surface area (Å²) in [5.41, 5.74) is 7.45. The maximum absolute atomic E-state index is 12.3. The lowest BCUT2D eigenvalue weighted by Gasteiger charge is -2.11. The lowest BCUT2D eigenvalue weighted by Crippen LogP contribution is -2.26. The van der Waals surface area contributed by atoms with Crippen molar-refractivity contribution in [1.29, 1.82) is 0 Å². The van der Waals surface area contributed by atoms with Gasteiger partial charge in [0.05, 0.1) is 34.1 Å². The van der Waals surface area contributed by atoms with Gasteiger partial charge in [-0.05, 0) is 6.07 Å². The minimum absolute atomic E-state index is 0.247. The van der Waals surface area contributed by atoms with E-state index in [1.807, 2.05) is 5.38 Å². The Kier molecular flexibility index (Phi) is 5.85.